The lowest BCUT2D eigenvalue weighted by Crippen LogP contribution is -2.66. The van der Waals surface area contributed by atoms with Crippen molar-refractivity contribution in [3.63, 3.8) is 0 Å². The lowest BCUT2D eigenvalue weighted by molar-refractivity contribution is -0.199. The molecule has 0 amide bonds. The zero-order valence-electron chi connectivity index (χ0n) is 16.1. The number of rotatable bonds is 4. The molecule has 6 heteroatoms. The number of hydrogen-bond acceptors (Lipinski definition) is 4. The van der Waals surface area contributed by atoms with Crippen LogP contribution < -0.4 is 0 Å². The Balaban J connectivity index is 1.46. The maximum Gasteiger partial charge on any atom is 0.311 e. The highest BCUT2D eigenvalue weighted by Gasteiger charge is 2.62. The summed E-state index contributed by atoms with van der Waals surface area (Å²) in [7, 11) is 0. The van der Waals surface area contributed by atoms with E-state index in [1.807, 2.05) is 18.2 Å². The molecule has 5 atom stereocenters. The molecule has 3 aliphatic heterocycles. The molecule has 2 saturated carbocycles. The normalized spacial score (nSPS) is 35.2. The molecule has 1 aromatic carbocycles. The summed E-state index contributed by atoms with van der Waals surface area (Å²) in [5.74, 6) is 0.201. The summed E-state index contributed by atoms with van der Waals surface area (Å²) in [5, 5.41) is 11.4. The van der Waals surface area contributed by atoms with Crippen LogP contribution in [0.5, 0.6) is 0 Å². The van der Waals surface area contributed by atoms with Gasteiger partial charge in [0.2, 0.25) is 0 Å². The van der Waals surface area contributed by atoms with Crippen molar-refractivity contribution in [2.75, 3.05) is 6.54 Å². The van der Waals surface area contributed by atoms with E-state index in [0.29, 0.717) is 18.9 Å². The van der Waals surface area contributed by atoms with E-state index in [4.69, 9.17) is 17.0 Å². The minimum Gasteiger partial charge on any atom is -0.457 e. The molecule has 3 heterocycles. The van der Waals surface area contributed by atoms with Gasteiger partial charge in [0.15, 0.2) is 5.11 Å². The number of nitrogens with zero attached hydrogens (tertiary/aromatic N) is 2. The molecule has 1 N–H and O–H groups in total. The van der Waals surface area contributed by atoms with Crippen molar-refractivity contribution in [1.82, 2.24) is 9.80 Å². The number of fused-ring (bicyclic) bond motifs is 2. The van der Waals surface area contributed by atoms with E-state index in [-0.39, 0.29) is 24.0 Å². The van der Waals surface area contributed by atoms with E-state index in [1.54, 1.807) is 0 Å². The van der Waals surface area contributed by atoms with Gasteiger partial charge in [0.25, 0.3) is 0 Å². The molecule has 3 saturated heterocycles. The highest BCUT2D eigenvalue weighted by atomic mass is 32.1. The third-order valence-corrected chi connectivity index (χ3v) is 7.58. The predicted molar refractivity (Wildman–Crippen MR) is 109 cm³/mol. The first-order valence-corrected chi connectivity index (χ1v) is 11.0. The molecule has 0 aromatic heterocycles. The Labute approximate surface area is 171 Å². The van der Waals surface area contributed by atoms with Crippen molar-refractivity contribution < 1.29 is 14.6 Å². The van der Waals surface area contributed by atoms with Gasteiger partial charge in [-0.15, -0.1) is 0 Å². The molecule has 2 bridgehead atoms. The number of ether oxygens (including phenoxy) is 1. The fourth-order valence-electron chi connectivity index (χ4n) is 5.78. The molecule has 0 unspecified atom stereocenters. The number of thiocarbonyl (C=S) groups is 1. The van der Waals surface area contributed by atoms with Crippen molar-refractivity contribution in [3.05, 3.63) is 35.9 Å². The van der Waals surface area contributed by atoms with Gasteiger partial charge >= 0.3 is 5.97 Å². The summed E-state index contributed by atoms with van der Waals surface area (Å²) in [6.45, 7) is 1.62. The molecule has 0 radical (unpaired) electrons. The van der Waals surface area contributed by atoms with Crippen molar-refractivity contribution in [1.29, 1.82) is 0 Å². The van der Waals surface area contributed by atoms with Gasteiger partial charge in [0.05, 0.1) is 24.1 Å². The Morgan fingerprint density at radius 1 is 1.07 bits per heavy atom. The Kier molecular flexibility index (Phi) is 4.79. The summed E-state index contributed by atoms with van der Waals surface area (Å²) < 4.78 is 5.65. The van der Waals surface area contributed by atoms with Crippen molar-refractivity contribution in [2.24, 2.45) is 11.8 Å². The number of carbonyl (C=O) groups is 1. The first-order valence-electron chi connectivity index (χ1n) is 10.6. The summed E-state index contributed by atoms with van der Waals surface area (Å²) in [6.07, 6.45) is 5.82. The Morgan fingerprint density at radius 3 is 2.57 bits per heavy atom. The van der Waals surface area contributed by atoms with Crippen LogP contribution in [-0.2, 0) is 16.1 Å². The number of aliphatic hydroxyl groups excluding tert-OH is 1. The lowest BCUT2D eigenvalue weighted by atomic mass is 9.74. The first kappa shape index (κ1) is 18.4. The van der Waals surface area contributed by atoms with Crippen molar-refractivity contribution in [3.8, 4) is 0 Å². The van der Waals surface area contributed by atoms with Crippen LogP contribution in [0, 0.1) is 11.8 Å². The molecule has 5 fully saturated rings. The number of aliphatic hydroxyl groups is 1. The van der Waals surface area contributed by atoms with Gasteiger partial charge in [-0.1, -0.05) is 49.6 Å². The molecule has 0 spiro atoms. The van der Waals surface area contributed by atoms with Gasteiger partial charge in [-0.3, -0.25) is 4.79 Å². The topological polar surface area (TPSA) is 53.0 Å². The molecule has 5 aliphatic rings. The summed E-state index contributed by atoms with van der Waals surface area (Å²) in [5.41, 5.74) is 1.19. The second kappa shape index (κ2) is 7.30. The van der Waals surface area contributed by atoms with Crippen LogP contribution in [0.3, 0.4) is 0 Å². The van der Waals surface area contributed by atoms with Crippen LogP contribution in [0.1, 0.15) is 44.1 Å². The quantitative estimate of drug-likeness (QED) is 0.620. The molecular formula is C22H28N2O3S. The maximum atomic E-state index is 12.5. The summed E-state index contributed by atoms with van der Waals surface area (Å²) in [6, 6.07) is 10.3. The van der Waals surface area contributed by atoms with Gasteiger partial charge in [-0.2, -0.15) is 0 Å². The van der Waals surface area contributed by atoms with Crippen LogP contribution in [0.15, 0.2) is 30.3 Å². The molecule has 28 heavy (non-hydrogen) atoms. The fraction of sp³-hybridized carbons (Fsp3) is 0.636. The zero-order chi connectivity index (χ0) is 19.3. The van der Waals surface area contributed by atoms with E-state index >= 15 is 0 Å². The summed E-state index contributed by atoms with van der Waals surface area (Å²) >= 11 is 5.96. The average molecular weight is 401 g/mol. The largest absolute Gasteiger partial charge is 0.457 e. The van der Waals surface area contributed by atoms with E-state index in [1.165, 1.54) is 37.7 Å². The van der Waals surface area contributed by atoms with Gasteiger partial charge in [-0.25, -0.2) is 0 Å². The highest BCUT2D eigenvalue weighted by molar-refractivity contribution is 7.80. The van der Waals surface area contributed by atoms with Crippen molar-refractivity contribution in [2.45, 2.75) is 69.4 Å². The monoisotopic (exact) mass is 400 g/mol. The smallest absolute Gasteiger partial charge is 0.311 e. The molecule has 2 aliphatic carbocycles. The second-order valence-corrected chi connectivity index (χ2v) is 9.21. The van der Waals surface area contributed by atoms with Crippen LogP contribution in [-0.4, -0.2) is 56.8 Å². The van der Waals surface area contributed by atoms with Gasteiger partial charge < -0.3 is 19.6 Å². The Bertz CT molecular complexity index is 751. The standard InChI is InChI=1S/C22H28N2O3S/c25-17-11-16-18-19(20(17)27-21(16)26)24(13-15-9-5-2-6-10-15)22(28)23(18)12-14-7-3-1-4-8-14/h2,5-6,9-10,14,16-20,25H,1,3-4,7-8,11-13H2/t16-,17+,18+,19-,20-/m0/s1. The number of esters is 1. The Morgan fingerprint density at radius 2 is 1.82 bits per heavy atom. The zero-order valence-corrected chi connectivity index (χ0v) is 16.9. The molecular weight excluding hydrogens is 372 g/mol. The van der Waals surface area contributed by atoms with Gasteiger partial charge in [-0.05, 0) is 43.0 Å². The fourth-order valence-corrected chi connectivity index (χ4v) is 6.17. The maximum absolute atomic E-state index is 12.5. The Hall–Kier alpha value is -1.66. The van der Waals surface area contributed by atoms with E-state index in [2.05, 4.69) is 21.9 Å². The third-order valence-electron chi connectivity index (χ3n) is 7.11. The molecule has 5 nitrogen and oxygen atoms in total. The predicted octanol–water partition coefficient (Wildman–Crippen LogP) is 2.71. The van der Waals surface area contributed by atoms with Crippen molar-refractivity contribution >= 4 is 23.3 Å². The minimum atomic E-state index is -0.598. The van der Waals surface area contributed by atoms with Gasteiger partial charge in [0, 0.05) is 13.1 Å². The van der Waals surface area contributed by atoms with Gasteiger partial charge in [0.1, 0.15) is 6.10 Å². The van der Waals surface area contributed by atoms with Crippen LogP contribution in [0.2, 0.25) is 0 Å². The second-order valence-electron chi connectivity index (χ2n) is 8.84. The number of hydrogen-bond donors (Lipinski definition) is 1. The lowest BCUT2D eigenvalue weighted by Gasteiger charge is -2.49. The minimum absolute atomic E-state index is 0.0350. The average Bonchev–Trinajstić information content (AvgIpc) is 2.98. The molecule has 6 rings (SSSR count). The van der Waals surface area contributed by atoms with Crippen LogP contribution in [0.4, 0.5) is 0 Å². The van der Waals surface area contributed by atoms with E-state index in [9.17, 15) is 9.90 Å². The number of benzene rings is 1. The van der Waals surface area contributed by atoms with Crippen LogP contribution in [0.25, 0.3) is 0 Å². The molecule has 150 valence electrons. The van der Waals surface area contributed by atoms with Crippen LogP contribution >= 0.6 is 12.2 Å². The molecule has 1 aromatic rings. The summed E-state index contributed by atoms with van der Waals surface area (Å²) in [4.78, 5) is 17.1. The number of carbonyl (C=O) groups excluding carboxylic acids is 1. The third kappa shape index (κ3) is 3.01. The van der Waals surface area contributed by atoms with E-state index < -0.39 is 12.2 Å². The SMILES string of the molecule is O=C1O[C@@H]2[C@@H]3[C@@H]([C@@H]1C[C@H]2O)N(CC1CCCCC1)C(=S)N3Cc1ccccc1. The highest BCUT2D eigenvalue weighted by Crippen LogP contribution is 2.45. The van der Waals surface area contributed by atoms with E-state index in [0.717, 1.165) is 11.7 Å². The first-order chi connectivity index (χ1) is 13.6.